The van der Waals surface area contributed by atoms with Crippen molar-refractivity contribution in [3.05, 3.63) is 58.8 Å². The van der Waals surface area contributed by atoms with Crippen molar-refractivity contribution in [2.45, 2.75) is 26.3 Å². The fourth-order valence-electron chi connectivity index (χ4n) is 4.05. The highest BCUT2D eigenvalue weighted by Gasteiger charge is 2.43. The first-order valence-corrected chi connectivity index (χ1v) is 10.4. The summed E-state index contributed by atoms with van der Waals surface area (Å²) in [6.45, 7) is 9.46. The number of hydrogen-bond donors (Lipinski definition) is 2. The van der Waals surface area contributed by atoms with Crippen LogP contribution in [0.2, 0.25) is 0 Å². The minimum Gasteiger partial charge on any atom is -0.383 e. The molecule has 0 saturated heterocycles. The van der Waals surface area contributed by atoms with Crippen molar-refractivity contribution >= 4 is 17.8 Å². The van der Waals surface area contributed by atoms with Gasteiger partial charge in [-0.25, -0.2) is 4.79 Å². The van der Waals surface area contributed by atoms with Gasteiger partial charge in [0.2, 0.25) is 5.91 Å². The highest BCUT2D eigenvalue weighted by atomic mass is 16.5. The van der Waals surface area contributed by atoms with E-state index in [0.717, 1.165) is 16.7 Å². The molecule has 1 aromatic rings. The standard InChI is InChI=1S/C23H30N4O4/c1-5-10-27-18-14-26(11-8-19(28)24-9-12-31-4)22(29)20(18)21(25-23(27)30)17-7-6-15(2)13-16(17)3/h5-7,13,21H,1,8-12,14H2,2-4H3,(H,24,28)(H,25,30). The maximum absolute atomic E-state index is 13.3. The molecule has 0 spiro atoms. The largest absolute Gasteiger partial charge is 0.383 e. The van der Waals surface area contributed by atoms with Crippen molar-refractivity contribution in [1.29, 1.82) is 0 Å². The Hall–Kier alpha value is -3.13. The molecule has 2 N–H and O–H groups in total. The Kier molecular flexibility index (Phi) is 7.12. The second kappa shape index (κ2) is 9.78. The lowest BCUT2D eigenvalue weighted by molar-refractivity contribution is -0.127. The van der Waals surface area contributed by atoms with E-state index < -0.39 is 6.04 Å². The molecule has 8 nitrogen and oxygen atoms in total. The van der Waals surface area contributed by atoms with E-state index in [1.807, 2.05) is 32.0 Å². The lowest BCUT2D eigenvalue weighted by Gasteiger charge is -2.33. The Bertz CT molecular complexity index is 924. The summed E-state index contributed by atoms with van der Waals surface area (Å²) in [4.78, 5) is 41.4. The van der Waals surface area contributed by atoms with Crippen molar-refractivity contribution in [2.75, 3.05) is 39.9 Å². The Labute approximate surface area is 182 Å². The summed E-state index contributed by atoms with van der Waals surface area (Å²) < 4.78 is 4.93. The molecule has 2 heterocycles. The summed E-state index contributed by atoms with van der Waals surface area (Å²) in [6.07, 6.45) is 1.82. The van der Waals surface area contributed by atoms with Crippen molar-refractivity contribution in [1.82, 2.24) is 20.4 Å². The Morgan fingerprint density at radius 2 is 2.13 bits per heavy atom. The molecule has 0 aliphatic carbocycles. The van der Waals surface area contributed by atoms with Crippen LogP contribution in [0.3, 0.4) is 0 Å². The molecule has 4 amide bonds. The number of aryl methyl sites for hydroxylation is 2. The molecular formula is C23H30N4O4. The van der Waals surface area contributed by atoms with Crippen molar-refractivity contribution in [3.63, 3.8) is 0 Å². The second-order valence-electron chi connectivity index (χ2n) is 7.82. The highest BCUT2D eigenvalue weighted by molar-refractivity contribution is 6.01. The summed E-state index contributed by atoms with van der Waals surface area (Å²) in [5.41, 5.74) is 4.27. The van der Waals surface area contributed by atoms with Gasteiger partial charge in [0, 0.05) is 33.2 Å². The average Bonchev–Trinajstić information content (AvgIpc) is 3.05. The van der Waals surface area contributed by atoms with Gasteiger partial charge in [0.15, 0.2) is 0 Å². The minimum atomic E-state index is -0.516. The normalized spacial score (nSPS) is 18.2. The summed E-state index contributed by atoms with van der Waals surface area (Å²) >= 11 is 0. The number of methoxy groups -OCH3 is 1. The maximum Gasteiger partial charge on any atom is 0.322 e. The maximum atomic E-state index is 13.3. The van der Waals surface area contributed by atoms with Crippen LogP contribution >= 0.6 is 0 Å². The van der Waals surface area contributed by atoms with Crippen molar-refractivity contribution in [3.8, 4) is 0 Å². The number of nitrogens with one attached hydrogen (secondary N) is 2. The number of carbonyl (C=O) groups is 3. The number of ether oxygens (including phenoxy) is 1. The Balaban J connectivity index is 1.84. The second-order valence-corrected chi connectivity index (χ2v) is 7.82. The molecule has 166 valence electrons. The molecule has 0 radical (unpaired) electrons. The Morgan fingerprint density at radius 1 is 1.35 bits per heavy atom. The molecule has 0 bridgehead atoms. The zero-order chi connectivity index (χ0) is 22.5. The van der Waals surface area contributed by atoms with Gasteiger partial charge >= 0.3 is 6.03 Å². The van der Waals surface area contributed by atoms with E-state index in [1.54, 1.807) is 23.0 Å². The molecule has 0 saturated carbocycles. The first-order valence-electron chi connectivity index (χ1n) is 10.4. The SMILES string of the molecule is C=CCN1C(=O)NC(c2ccc(C)cc2C)C2=C1CN(CCC(=O)NCCOC)C2=O. The number of nitrogens with zero attached hydrogens (tertiary/aromatic N) is 2. The molecule has 0 fully saturated rings. The van der Waals surface area contributed by atoms with Crippen molar-refractivity contribution in [2.24, 2.45) is 0 Å². The number of benzene rings is 1. The van der Waals surface area contributed by atoms with Crippen LogP contribution in [0.1, 0.15) is 29.2 Å². The molecule has 3 rings (SSSR count). The van der Waals surface area contributed by atoms with E-state index in [-0.39, 0.29) is 30.8 Å². The predicted molar refractivity (Wildman–Crippen MR) is 117 cm³/mol. The quantitative estimate of drug-likeness (QED) is 0.465. The average molecular weight is 427 g/mol. The Morgan fingerprint density at radius 3 is 2.81 bits per heavy atom. The molecule has 31 heavy (non-hydrogen) atoms. The number of rotatable bonds is 9. The van der Waals surface area contributed by atoms with Gasteiger partial charge in [-0.3, -0.25) is 14.5 Å². The third-order valence-corrected chi connectivity index (χ3v) is 5.58. The van der Waals surface area contributed by atoms with E-state index in [9.17, 15) is 14.4 Å². The van der Waals surface area contributed by atoms with Crippen molar-refractivity contribution < 1.29 is 19.1 Å². The monoisotopic (exact) mass is 426 g/mol. The van der Waals surface area contributed by atoms with Gasteiger partial charge in [0.1, 0.15) is 0 Å². The van der Waals surface area contributed by atoms with Gasteiger partial charge < -0.3 is 20.3 Å². The van der Waals surface area contributed by atoms with Gasteiger partial charge in [-0.1, -0.05) is 29.8 Å². The van der Waals surface area contributed by atoms with Crippen LogP contribution in [0, 0.1) is 13.8 Å². The van der Waals surface area contributed by atoms with Gasteiger partial charge in [-0.05, 0) is 25.0 Å². The molecule has 2 aliphatic heterocycles. The first kappa shape index (κ1) is 22.6. The summed E-state index contributed by atoms with van der Waals surface area (Å²) in [6, 6.07) is 5.21. The smallest absolute Gasteiger partial charge is 0.322 e. The van der Waals surface area contributed by atoms with E-state index in [2.05, 4.69) is 17.2 Å². The van der Waals surface area contributed by atoms with E-state index in [4.69, 9.17) is 4.74 Å². The lowest BCUT2D eigenvalue weighted by Crippen LogP contribution is -2.47. The molecule has 0 aromatic heterocycles. The fourth-order valence-corrected chi connectivity index (χ4v) is 4.05. The van der Waals surface area contributed by atoms with E-state index in [0.29, 0.717) is 37.5 Å². The molecule has 1 aromatic carbocycles. The zero-order valence-electron chi connectivity index (χ0n) is 18.4. The fraction of sp³-hybridized carbons (Fsp3) is 0.435. The first-order chi connectivity index (χ1) is 14.9. The van der Waals surface area contributed by atoms with Gasteiger partial charge in [-0.15, -0.1) is 6.58 Å². The van der Waals surface area contributed by atoms with Gasteiger partial charge in [0.25, 0.3) is 5.91 Å². The molecule has 1 unspecified atom stereocenters. The highest BCUT2D eigenvalue weighted by Crippen LogP contribution is 2.37. The lowest BCUT2D eigenvalue weighted by atomic mass is 9.91. The number of amides is 4. The number of hydrogen-bond acceptors (Lipinski definition) is 4. The van der Waals surface area contributed by atoms with Gasteiger partial charge in [-0.2, -0.15) is 0 Å². The van der Waals surface area contributed by atoms with Crippen LogP contribution in [0.15, 0.2) is 42.1 Å². The van der Waals surface area contributed by atoms with E-state index >= 15 is 0 Å². The third kappa shape index (κ3) is 4.80. The van der Waals surface area contributed by atoms with E-state index in [1.165, 1.54) is 0 Å². The van der Waals surface area contributed by atoms with Crippen LogP contribution in [-0.2, 0) is 14.3 Å². The van der Waals surface area contributed by atoms with Crippen LogP contribution < -0.4 is 10.6 Å². The van der Waals surface area contributed by atoms with Crippen LogP contribution in [-0.4, -0.2) is 67.5 Å². The van der Waals surface area contributed by atoms with Crippen LogP contribution in [0.4, 0.5) is 4.79 Å². The summed E-state index contributed by atoms with van der Waals surface area (Å²) in [5, 5.41) is 5.75. The summed E-state index contributed by atoms with van der Waals surface area (Å²) in [5.74, 6) is -0.295. The van der Waals surface area contributed by atoms with Crippen LogP contribution in [0.5, 0.6) is 0 Å². The zero-order valence-corrected chi connectivity index (χ0v) is 18.4. The summed E-state index contributed by atoms with van der Waals surface area (Å²) in [7, 11) is 1.57. The molecular weight excluding hydrogens is 396 g/mol. The van der Waals surface area contributed by atoms with Crippen LogP contribution in [0.25, 0.3) is 0 Å². The third-order valence-electron chi connectivity index (χ3n) is 5.58. The minimum absolute atomic E-state index is 0.141. The predicted octanol–water partition coefficient (Wildman–Crippen LogP) is 1.80. The number of carbonyl (C=O) groups excluding carboxylic acids is 3. The molecule has 1 atom stereocenters. The van der Waals surface area contributed by atoms with Gasteiger partial charge in [0.05, 0.1) is 30.5 Å². The number of urea groups is 1. The topological polar surface area (TPSA) is 91.0 Å². The molecule has 2 aliphatic rings. The molecule has 8 heteroatoms.